The third-order valence-electron chi connectivity index (χ3n) is 1.81. The molecule has 4 heteroatoms. The number of hydrogen-bond acceptors (Lipinski definition) is 2. The molecule has 5 N–H and O–H groups in total. The molecule has 4 nitrogen and oxygen atoms in total. The predicted molar refractivity (Wildman–Crippen MR) is 59.3 cm³/mol. The van der Waals surface area contributed by atoms with Crippen LogP contribution >= 0.6 is 0 Å². The monoisotopic (exact) mass is 204 g/mol. The van der Waals surface area contributed by atoms with Crippen LogP contribution in [-0.4, -0.2) is 17.7 Å². The predicted octanol–water partition coefficient (Wildman–Crippen LogP) is 2.32. The summed E-state index contributed by atoms with van der Waals surface area (Å²) in [5, 5.41) is 7.19. The van der Waals surface area contributed by atoms with Gasteiger partial charge in [0.15, 0.2) is 0 Å². The molecule has 86 valence electrons. The van der Waals surface area contributed by atoms with Gasteiger partial charge in [0.1, 0.15) is 0 Å². The minimum atomic E-state index is -1.33. The van der Waals surface area contributed by atoms with Crippen molar-refractivity contribution in [2.45, 2.75) is 51.9 Å². The lowest BCUT2D eigenvalue weighted by atomic mass is 10.1. The second-order valence-corrected chi connectivity index (χ2v) is 3.25. The van der Waals surface area contributed by atoms with Gasteiger partial charge < -0.3 is 16.6 Å². The van der Waals surface area contributed by atoms with Crippen molar-refractivity contribution in [3.63, 3.8) is 0 Å². The molecule has 0 aliphatic heterocycles. The Morgan fingerprint density at radius 2 is 1.43 bits per heavy atom. The second-order valence-electron chi connectivity index (χ2n) is 3.25. The molecule has 0 atom stereocenters. The van der Waals surface area contributed by atoms with E-state index in [-0.39, 0.29) is 0 Å². The molecule has 0 rings (SSSR count). The van der Waals surface area contributed by atoms with Crippen LogP contribution in [0, 0.1) is 0 Å². The molecular formula is C10H24N2O2. The van der Waals surface area contributed by atoms with Gasteiger partial charge in [-0.1, -0.05) is 45.4 Å². The molecule has 0 aliphatic carbocycles. The molecule has 0 fully saturated rings. The van der Waals surface area contributed by atoms with Gasteiger partial charge in [0.05, 0.1) is 0 Å². The molecule has 0 aromatic heterocycles. The summed E-state index contributed by atoms with van der Waals surface area (Å²) < 4.78 is 0. The van der Waals surface area contributed by atoms with Crippen molar-refractivity contribution < 1.29 is 9.90 Å². The van der Waals surface area contributed by atoms with Gasteiger partial charge in [0.25, 0.3) is 0 Å². The maximum Gasteiger partial charge on any atom is 0.402 e. The van der Waals surface area contributed by atoms with Crippen molar-refractivity contribution in [2.75, 3.05) is 6.54 Å². The topological polar surface area (TPSA) is 89.3 Å². The Labute approximate surface area is 86.7 Å². The van der Waals surface area contributed by atoms with Crippen LogP contribution < -0.4 is 11.5 Å². The fraction of sp³-hybridized carbons (Fsp3) is 0.900. The maximum atomic E-state index is 8.78. The summed E-state index contributed by atoms with van der Waals surface area (Å²) in [5.74, 6) is 0. The molecule has 0 heterocycles. The smallest absolute Gasteiger partial charge is 0.402 e. The molecule has 0 saturated carbocycles. The largest absolute Gasteiger partial charge is 0.465 e. The van der Waals surface area contributed by atoms with Crippen LogP contribution in [-0.2, 0) is 0 Å². The normalized spacial score (nSPS) is 9.00. The Morgan fingerprint density at radius 3 is 1.79 bits per heavy atom. The number of carbonyl (C=O) groups is 1. The van der Waals surface area contributed by atoms with E-state index in [4.69, 9.17) is 15.6 Å². The van der Waals surface area contributed by atoms with E-state index >= 15 is 0 Å². The fourth-order valence-electron chi connectivity index (χ4n) is 1.10. The Hall–Kier alpha value is -0.770. The first-order valence-electron chi connectivity index (χ1n) is 5.33. The molecule has 0 saturated heterocycles. The first-order valence-corrected chi connectivity index (χ1v) is 5.33. The van der Waals surface area contributed by atoms with E-state index in [1.54, 1.807) is 0 Å². The number of primary amides is 1. The van der Waals surface area contributed by atoms with Gasteiger partial charge in [-0.05, 0) is 13.0 Å². The van der Waals surface area contributed by atoms with Gasteiger partial charge in [-0.3, -0.25) is 0 Å². The van der Waals surface area contributed by atoms with Crippen LogP contribution in [0.5, 0.6) is 0 Å². The van der Waals surface area contributed by atoms with Gasteiger partial charge in [0, 0.05) is 0 Å². The Kier molecular flexibility index (Phi) is 16.5. The van der Waals surface area contributed by atoms with E-state index in [9.17, 15) is 0 Å². The lowest BCUT2D eigenvalue weighted by Gasteiger charge is -1.97. The van der Waals surface area contributed by atoms with Gasteiger partial charge in [0.2, 0.25) is 0 Å². The molecule has 0 spiro atoms. The molecule has 0 radical (unpaired) electrons. The highest BCUT2D eigenvalue weighted by Gasteiger charge is 1.87. The third-order valence-corrected chi connectivity index (χ3v) is 1.81. The summed E-state index contributed by atoms with van der Waals surface area (Å²) in [6.07, 6.45) is 8.18. The highest BCUT2D eigenvalue weighted by atomic mass is 16.4. The van der Waals surface area contributed by atoms with E-state index in [1.807, 2.05) is 0 Å². The molecule has 14 heavy (non-hydrogen) atoms. The van der Waals surface area contributed by atoms with Crippen molar-refractivity contribution in [3.05, 3.63) is 0 Å². The van der Waals surface area contributed by atoms with Gasteiger partial charge in [-0.25, -0.2) is 4.79 Å². The summed E-state index contributed by atoms with van der Waals surface area (Å²) in [5.41, 5.74) is 9.40. The summed E-state index contributed by atoms with van der Waals surface area (Å²) in [6, 6.07) is 0. The van der Waals surface area contributed by atoms with Gasteiger partial charge in [-0.2, -0.15) is 0 Å². The number of carboxylic acid groups (broad SMARTS) is 1. The van der Waals surface area contributed by atoms with E-state index in [0.29, 0.717) is 0 Å². The Bertz CT molecular complexity index is 107. The first kappa shape index (κ1) is 15.7. The first-order chi connectivity index (χ1) is 6.65. The van der Waals surface area contributed by atoms with Crippen LogP contribution in [0.3, 0.4) is 0 Å². The van der Waals surface area contributed by atoms with E-state index in [1.165, 1.54) is 44.9 Å². The maximum absolute atomic E-state index is 8.78. The lowest BCUT2D eigenvalue weighted by Crippen LogP contribution is -2.03. The van der Waals surface area contributed by atoms with Gasteiger partial charge >= 0.3 is 6.09 Å². The zero-order chi connectivity index (χ0) is 11.2. The van der Waals surface area contributed by atoms with E-state index in [2.05, 4.69) is 12.7 Å². The fourth-order valence-corrected chi connectivity index (χ4v) is 1.10. The van der Waals surface area contributed by atoms with Crippen LogP contribution in [0.25, 0.3) is 0 Å². The van der Waals surface area contributed by atoms with E-state index in [0.717, 1.165) is 6.54 Å². The average molecular weight is 204 g/mol. The highest BCUT2D eigenvalue weighted by molar-refractivity contribution is 5.61. The highest BCUT2D eigenvalue weighted by Crippen LogP contribution is 2.05. The molecule has 0 unspecified atom stereocenters. The van der Waals surface area contributed by atoms with Crippen molar-refractivity contribution >= 4 is 6.09 Å². The SMILES string of the molecule is CCCCCCCCCN.NC(=O)O. The van der Waals surface area contributed by atoms with Gasteiger partial charge in [-0.15, -0.1) is 0 Å². The molecular weight excluding hydrogens is 180 g/mol. The minimum absolute atomic E-state index is 0.869. The third kappa shape index (κ3) is 30.3. The van der Waals surface area contributed by atoms with Crippen LogP contribution in [0.15, 0.2) is 0 Å². The Balaban J connectivity index is 0. The molecule has 0 aromatic carbocycles. The molecule has 0 bridgehead atoms. The summed E-state index contributed by atoms with van der Waals surface area (Å²) in [4.78, 5) is 8.78. The zero-order valence-corrected chi connectivity index (χ0v) is 9.17. The van der Waals surface area contributed by atoms with Crippen LogP contribution in [0.2, 0.25) is 0 Å². The summed E-state index contributed by atoms with van der Waals surface area (Å²) in [6.45, 7) is 3.12. The molecule has 0 aromatic rings. The quantitative estimate of drug-likeness (QED) is 0.556. The molecule has 0 aliphatic rings. The number of amides is 1. The lowest BCUT2D eigenvalue weighted by molar-refractivity contribution is 0.205. The van der Waals surface area contributed by atoms with Crippen LogP contribution in [0.4, 0.5) is 4.79 Å². The second kappa shape index (κ2) is 14.7. The van der Waals surface area contributed by atoms with Crippen molar-refractivity contribution in [1.82, 2.24) is 0 Å². The zero-order valence-electron chi connectivity index (χ0n) is 9.17. The van der Waals surface area contributed by atoms with Crippen molar-refractivity contribution in [3.8, 4) is 0 Å². The van der Waals surface area contributed by atoms with E-state index < -0.39 is 6.09 Å². The number of nitrogens with two attached hydrogens (primary N) is 2. The van der Waals surface area contributed by atoms with Crippen LogP contribution in [0.1, 0.15) is 51.9 Å². The van der Waals surface area contributed by atoms with Crippen molar-refractivity contribution in [1.29, 1.82) is 0 Å². The molecule has 1 amide bonds. The number of hydrogen-bond donors (Lipinski definition) is 3. The minimum Gasteiger partial charge on any atom is -0.465 e. The summed E-state index contributed by atoms with van der Waals surface area (Å²) in [7, 11) is 0. The standard InChI is InChI=1S/C9H21N.CH3NO2/c1-2-3-4-5-6-7-8-9-10;2-1(3)4/h2-10H2,1H3;2H2,(H,3,4). The number of rotatable bonds is 7. The Morgan fingerprint density at radius 1 is 1.07 bits per heavy atom. The van der Waals surface area contributed by atoms with Crippen molar-refractivity contribution in [2.24, 2.45) is 11.5 Å². The average Bonchev–Trinajstić information content (AvgIpc) is 2.10. The summed E-state index contributed by atoms with van der Waals surface area (Å²) >= 11 is 0. The number of unbranched alkanes of at least 4 members (excludes halogenated alkanes) is 6.